The molecule has 1 saturated carbocycles. The number of fused-ring (bicyclic) bond motifs is 4. The van der Waals surface area contributed by atoms with E-state index in [9.17, 15) is 41.9 Å². The number of nitrogens with two attached hydrogens (primary N) is 1. The molecule has 16 nitrogen and oxygen atoms in total. The zero-order valence-electron chi connectivity index (χ0n) is 37.6. The Morgan fingerprint density at radius 3 is 2.57 bits per heavy atom. The number of unbranched alkanes of at least 4 members (excludes halogenated alkanes) is 2. The largest absolute Gasteiger partial charge is 0.416 e. The molecule has 3 atom stereocenters. The number of imide groups is 1. The summed E-state index contributed by atoms with van der Waals surface area (Å²) < 4.78 is 41.2. The molecule has 0 radical (unpaired) electrons. The monoisotopic (exact) mass is 942 g/mol. The molecule has 3 aromatic heterocycles. The molecule has 2 fully saturated rings. The van der Waals surface area contributed by atoms with Crippen LogP contribution < -0.4 is 21.7 Å². The van der Waals surface area contributed by atoms with Crippen molar-refractivity contribution in [2.75, 3.05) is 24.1 Å². The summed E-state index contributed by atoms with van der Waals surface area (Å²) in [7, 11) is 0. The number of nitrogen functional groups attached to an aromatic ring is 1. The van der Waals surface area contributed by atoms with E-state index in [0.717, 1.165) is 73.1 Å². The van der Waals surface area contributed by atoms with Crippen molar-refractivity contribution in [2.45, 2.75) is 95.4 Å². The van der Waals surface area contributed by atoms with Gasteiger partial charge in [0.25, 0.3) is 11.8 Å². The summed E-state index contributed by atoms with van der Waals surface area (Å²) in [6.07, 6.45) is 8.97. The maximum atomic E-state index is 13.1. The van der Waals surface area contributed by atoms with E-state index in [0.29, 0.717) is 61.1 Å². The molecule has 5 aromatic rings. The van der Waals surface area contributed by atoms with Crippen molar-refractivity contribution in [1.29, 1.82) is 0 Å². The fourth-order valence-corrected chi connectivity index (χ4v) is 8.93. The Balaban J connectivity index is 0.000000225. The molecule has 6 amide bonds. The van der Waals surface area contributed by atoms with Gasteiger partial charge in [-0.15, -0.1) is 0 Å². The lowest BCUT2D eigenvalue weighted by molar-refractivity contribution is -0.138. The Kier molecular flexibility index (Phi) is 14.2. The van der Waals surface area contributed by atoms with Gasteiger partial charge in [-0.1, -0.05) is 43.4 Å². The minimum absolute atomic E-state index is 0.000581. The number of benzene rings is 2. The van der Waals surface area contributed by atoms with Gasteiger partial charge in [0.1, 0.15) is 34.7 Å². The van der Waals surface area contributed by atoms with E-state index >= 15 is 0 Å². The van der Waals surface area contributed by atoms with Crippen LogP contribution in [0, 0.1) is 11.8 Å². The van der Waals surface area contributed by atoms with E-state index in [-0.39, 0.29) is 65.8 Å². The van der Waals surface area contributed by atoms with Crippen LogP contribution >= 0.6 is 0 Å². The van der Waals surface area contributed by atoms with Crippen molar-refractivity contribution in [3.63, 3.8) is 0 Å². The molecule has 69 heavy (non-hydrogen) atoms. The summed E-state index contributed by atoms with van der Waals surface area (Å²) in [5.74, 6) is 5.45. The van der Waals surface area contributed by atoms with Gasteiger partial charge in [-0.25, -0.2) is 15.0 Å². The Morgan fingerprint density at radius 2 is 1.81 bits per heavy atom. The first-order valence-electron chi connectivity index (χ1n) is 22.7. The van der Waals surface area contributed by atoms with Crippen LogP contribution in [0.5, 0.6) is 0 Å². The summed E-state index contributed by atoms with van der Waals surface area (Å²) in [5.41, 5.74) is 10.7. The van der Waals surface area contributed by atoms with E-state index in [1.165, 1.54) is 4.90 Å². The maximum absolute atomic E-state index is 13.1. The third kappa shape index (κ3) is 10.8. The molecule has 19 heteroatoms. The Labute approximate surface area is 395 Å². The first-order valence-corrected chi connectivity index (χ1v) is 22.7. The van der Waals surface area contributed by atoms with Gasteiger partial charge in [-0.05, 0) is 92.6 Å². The van der Waals surface area contributed by atoms with Gasteiger partial charge >= 0.3 is 6.18 Å². The number of anilines is 2. The molecule has 4 aliphatic rings. The average molecular weight is 943 g/mol. The molecule has 356 valence electrons. The molecular formula is C50H49F3N10O6. The number of alkyl halides is 3. The number of imidazole rings is 1. The SMILES string of the molecule is CCCCC#Cc1ccc2c(c1)CN(C1CCC(=O)NC1=O)C2=O.Nc1ncc2n3c(nc(-c4ccc(C(=O)Nc5cc(C(F)(F)F)ccn5)cc4)c13)[C@@H]1CCC(C1)NC(=O)CN(C=O)CC/C=C/2. The standard InChI is InChI=1S/C31H29F3N8O3.C19H20N2O3/c32-31(33,34)21-10-11-36-24(14-21)39-30(45)19-6-4-18(5-7-19)26-27-28(35)37-15-23-3-1-2-12-41(17-43)16-25(44)38-22-9-8-20(13-22)29(40-26)42(23)27;1-2-3-4-5-6-13-7-8-15-14(11-13)12-21(19(15)24)16-9-10-17(22)20-18(16)23/h1,3-7,10-11,14-15,17,20,22H,2,8-9,12-13,16H2,(H2,35,37)(H,38,44)(H,36,39,45);7-8,11,16H,2-4,9-10,12H2,1H3,(H,20,22,23)/b3-1+;/t20-,22?;/m1./s1. The van der Waals surface area contributed by atoms with E-state index in [2.05, 4.69) is 44.7 Å². The number of piperidine rings is 1. The fourth-order valence-electron chi connectivity index (χ4n) is 8.93. The summed E-state index contributed by atoms with van der Waals surface area (Å²) in [6.45, 7) is 2.89. The number of carbonyl (C=O) groups excluding carboxylic acids is 6. The highest BCUT2D eigenvalue weighted by Gasteiger charge is 2.39. The maximum Gasteiger partial charge on any atom is 0.416 e. The van der Waals surface area contributed by atoms with Gasteiger partial charge in [0.15, 0.2) is 0 Å². The number of hydrogen-bond donors (Lipinski definition) is 4. The molecule has 2 aromatic carbocycles. The van der Waals surface area contributed by atoms with Gasteiger partial charge in [0.05, 0.1) is 24.0 Å². The van der Waals surface area contributed by atoms with Gasteiger partial charge in [-0.3, -0.25) is 38.5 Å². The molecule has 5 N–H and O–H groups in total. The van der Waals surface area contributed by atoms with E-state index in [1.54, 1.807) is 41.4 Å². The minimum Gasteiger partial charge on any atom is -0.382 e. The fraction of sp³-hybridized carbons (Fsp3) is 0.340. The second-order valence-electron chi connectivity index (χ2n) is 17.2. The number of pyridine rings is 1. The number of rotatable bonds is 7. The number of amides is 6. The smallest absolute Gasteiger partial charge is 0.382 e. The summed E-state index contributed by atoms with van der Waals surface area (Å²) in [5, 5.41) is 7.77. The Bertz CT molecular complexity index is 2920. The molecule has 2 bridgehead atoms. The normalized spacial score (nSPS) is 19.6. The van der Waals surface area contributed by atoms with E-state index in [1.807, 2.05) is 28.7 Å². The highest BCUT2D eigenvalue weighted by Crippen LogP contribution is 2.39. The van der Waals surface area contributed by atoms with Gasteiger partial charge < -0.3 is 26.2 Å². The Hall–Kier alpha value is -7.88. The van der Waals surface area contributed by atoms with Crippen LogP contribution in [0.25, 0.3) is 22.9 Å². The van der Waals surface area contributed by atoms with Crippen LogP contribution in [0.3, 0.4) is 0 Å². The van der Waals surface area contributed by atoms with Crippen molar-refractivity contribution < 1.29 is 41.9 Å². The van der Waals surface area contributed by atoms with E-state index in [4.69, 9.17) is 10.7 Å². The topological polar surface area (TPSA) is 214 Å². The second-order valence-corrected chi connectivity index (χ2v) is 17.2. The number of aromatic nitrogens is 4. The van der Waals surface area contributed by atoms with Crippen molar-refractivity contribution in [3.8, 4) is 23.1 Å². The molecule has 0 spiro atoms. The van der Waals surface area contributed by atoms with E-state index < -0.39 is 23.7 Å². The summed E-state index contributed by atoms with van der Waals surface area (Å²) in [6, 6.07) is 13.0. The first kappa shape index (κ1) is 47.6. The summed E-state index contributed by atoms with van der Waals surface area (Å²) >= 11 is 0. The zero-order valence-corrected chi connectivity index (χ0v) is 37.6. The lowest BCUT2D eigenvalue weighted by atomic mass is 10.0. The lowest BCUT2D eigenvalue weighted by Crippen LogP contribution is -2.52. The van der Waals surface area contributed by atoms with Crippen molar-refractivity contribution in [1.82, 2.24) is 39.8 Å². The number of carbonyl (C=O) groups is 6. The second kappa shape index (κ2) is 20.6. The van der Waals surface area contributed by atoms with Crippen molar-refractivity contribution in [3.05, 3.63) is 112 Å². The van der Waals surface area contributed by atoms with Gasteiger partial charge in [0, 0.05) is 66.3 Å². The van der Waals surface area contributed by atoms with Crippen molar-refractivity contribution in [2.24, 2.45) is 0 Å². The molecule has 1 aliphatic carbocycles. The third-order valence-electron chi connectivity index (χ3n) is 12.4. The molecule has 6 heterocycles. The molecule has 2 unspecified atom stereocenters. The minimum atomic E-state index is -4.57. The molecule has 9 rings (SSSR count). The van der Waals surface area contributed by atoms with Crippen molar-refractivity contribution >= 4 is 59.2 Å². The molecule has 1 saturated heterocycles. The number of nitrogens with zero attached hydrogens (tertiary/aromatic N) is 6. The van der Waals surface area contributed by atoms with Gasteiger partial charge in [0.2, 0.25) is 24.1 Å². The quantitative estimate of drug-likeness (QED) is 0.0622. The predicted octanol–water partition coefficient (Wildman–Crippen LogP) is 6.26. The van der Waals surface area contributed by atoms with Crippen LogP contribution in [-0.4, -0.2) is 90.3 Å². The highest BCUT2D eigenvalue weighted by atomic mass is 19.4. The molecule has 3 aliphatic heterocycles. The first-order chi connectivity index (χ1) is 33.2. The number of halogens is 3. The van der Waals surface area contributed by atoms with Crippen LogP contribution in [0.15, 0.2) is 73.1 Å². The highest BCUT2D eigenvalue weighted by molar-refractivity contribution is 6.06. The van der Waals surface area contributed by atoms with Crippen LogP contribution in [-0.2, 0) is 31.9 Å². The molecular weight excluding hydrogens is 894 g/mol. The van der Waals surface area contributed by atoms with Gasteiger partial charge in [-0.2, -0.15) is 13.2 Å². The third-order valence-corrected chi connectivity index (χ3v) is 12.4. The Morgan fingerprint density at radius 1 is 1.00 bits per heavy atom. The van der Waals surface area contributed by atoms with Crippen LogP contribution in [0.2, 0.25) is 0 Å². The average Bonchev–Trinajstić information content (AvgIpc) is 4.05. The zero-order chi connectivity index (χ0) is 48.8. The predicted molar refractivity (Wildman–Crippen MR) is 249 cm³/mol. The van der Waals surface area contributed by atoms with Crippen LogP contribution in [0.4, 0.5) is 24.8 Å². The van der Waals surface area contributed by atoms with Crippen LogP contribution in [0.1, 0.15) is 120 Å². The number of hydrogen-bond acceptors (Lipinski definition) is 10. The number of nitrogens with one attached hydrogen (secondary N) is 3. The lowest BCUT2D eigenvalue weighted by Gasteiger charge is -2.29. The summed E-state index contributed by atoms with van der Waals surface area (Å²) in [4.78, 5) is 89.1.